The van der Waals surface area contributed by atoms with E-state index in [0.29, 0.717) is 0 Å². The Bertz CT molecular complexity index is 3510. The Morgan fingerprint density at radius 2 is 0.889 bits per heavy atom. The molecular weight excluding hydrogens is 657 g/mol. The van der Waals surface area contributed by atoms with Gasteiger partial charge in [0.15, 0.2) is 5.82 Å². The minimum atomic E-state index is 0.810. The summed E-state index contributed by atoms with van der Waals surface area (Å²) in [5.74, 6) is 0.810. The van der Waals surface area contributed by atoms with Gasteiger partial charge in [-0.2, -0.15) is 0 Å². The highest BCUT2D eigenvalue weighted by molar-refractivity contribution is 6.23. The van der Waals surface area contributed by atoms with Crippen molar-refractivity contribution in [1.82, 2.24) is 19.1 Å². The lowest BCUT2D eigenvalue weighted by Crippen LogP contribution is -2.04. The van der Waals surface area contributed by atoms with Crippen molar-refractivity contribution in [3.8, 4) is 22.8 Å². The van der Waals surface area contributed by atoms with Crippen LogP contribution in [0.1, 0.15) is 0 Å². The molecule has 4 heteroatoms. The molecule has 0 atom stereocenters. The number of aromatic nitrogens is 4. The Balaban J connectivity index is 1.23. The van der Waals surface area contributed by atoms with Crippen molar-refractivity contribution in [3.63, 3.8) is 0 Å². The molecule has 9 aromatic carbocycles. The monoisotopic (exact) mass is 686 g/mol. The van der Waals surface area contributed by atoms with Gasteiger partial charge in [-0.15, -0.1) is 0 Å². The van der Waals surface area contributed by atoms with E-state index in [2.05, 4.69) is 179 Å². The molecule has 12 rings (SSSR count). The third-order valence-corrected chi connectivity index (χ3v) is 11.2. The van der Waals surface area contributed by atoms with Crippen molar-refractivity contribution < 1.29 is 0 Å². The molecule has 0 N–H and O–H groups in total. The van der Waals surface area contributed by atoms with Crippen LogP contribution < -0.4 is 0 Å². The van der Waals surface area contributed by atoms with Gasteiger partial charge in [-0.3, -0.25) is 4.57 Å². The summed E-state index contributed by atoms with van der Waals surface area (Å²) < 4.78 is 4.78. The maximum atomic E-state index is 5.47. The fraction of sp³-hybridized carbons (Fsp3) is 0. The van der Waals surface area contributed by atoms with Gasteiger partial charge in [-0.05, 0) is 80.8 Å². The average Bonchev–Trinajstić information content (AvgIpc) is 3.76. The number of hydrogen-bond acceptors (Lipinski definition) is 2. The molecule has 0 spiro atoms. The number of hydrogen-bond donors (Lipinski definition) is 0. The molecule has 0 saturated carbocycles. The molecule has 3 heterocycles. The second-order valence-electron chi connectivity index (χ2n) is 14.2. The number of nitrogens with zero attached hydrogens (tertiary/aromatic N) is 4. The topological polar surface area (TPSA) is 35.6 Å². The number of benzene rings is 9. The van der Waals surface area contributed by atoms with E-state index in [9.17, 15) is 0 Å². The van der Waals surface area contributed by atoms with Crippen molar-refractivity contribution >= 4 is 87.0 Å². The van der Waals surface area contributed by atoms with Gasteiger partial charge in [0.25, 0.3) is 0 Å². The minimum Gasteiger partial charge on any atom is -0.309 e. The van der Waals surface area contributed by atoms with Crippen LogP contribution in [0.25, 0.3) is 110 Å². The maximum Gasteiger partial charge on any atom is 0.165 e. The smallest absolute Gasteiger partial charge is 0.165 e. The zero-order valence-electron chi connectivity index (χ0n) is 29.1. The highest BCUT2D eigenvalue weighted by atomic mass is 15.1. The summed E-state index contributed by atoms with van der Waals surface area (Å²) in [4.78, 5) is 10.9. The lowest BCUT2D eigenvalue weighted by atomic mass is 10.0. The molecule has 0 aliphatic heterocycles. The van der Waals surface area contributed by atoms with E-state index in [1.165, 1.54) is 64.9 Å². The predicted molar refractivity (Wildman–Crippen MR) is 226 cm³/mol. The fourth-order valence-electron chi connectivity index (χ4n) is 8.84. The van der Waals surface area contributed by atoms with E-state index in [-0.39, 0.29) is 0 Å². The molecule has 3 aromatic heterocycles. The average molecular weight is 687 g/mol. The summed E-state index contributed by atoms with van der Waals surface area (Å²) in [6.07, 6.45) is 0. The van der Waals surface area contributed by atoms with Gasteiger partial charge >= 0.3 is 0 Å². The normalized spacial score (nSPS) is 12.1. The Hall–Kier alpha value is -7.30. The van der Waals surface area contributed by atoms with Crippen LogP contribution in [-0.4, -0.2) is 19.1 Å². The summed E-state index contributed by atoms with van der Waals surface area (Å²) in [7, 11) is 0. The van der Waals surface area contributed by atoms with Gasteiger partial charge in [-0.25, -0.2) is 9.97 Å². The van der Waals surface area contributed by atoms with Gasteiger partial charge in [-0.1, -0.05) is 133 Å². The second-order valence-corrected chi connectivity index (χ2v) is 14.2. The Morgan fingerprint density at radius 1 is 0.333 bits per heavy atom. The quantitative estimate of drug-likeness (QED) is 0.185. The van der Waals surface area contributed by atoms with Gasteiger partial charge in [0.05, 0.1) is 33.1 Å². The molecule has 0 radical (unpaired) electrons. The van der Waals surface area contributed by atoms with Crippen LogP contribution in [0.4, 0.5) is 0 Å². The lowest BCUT2D eigenvalue weighted by Gasteiger charge is -2.15. The van der Waals surface area contributed by atoms with Gasteiger partial charge in [0.2, 0.25) is 0 Å². The summed E-state index contributed by atoms with van der Waals surface area (Å²) in [5, 5.41) is 12.2. The maximum absolute atomic E-state index is 5.47. The fourth-order valence-corrected chi connectivity index (χ4v) is 8.84. The first-order valence-corrected chi connectivity index (χ1v) is 18.4. The molecule has 0 saturated heterocycles. The molecule has 0 fully saturated rings. The molecule has 0 unspecified atom stereocenters. The summed E-state index contributed by atoms with van der Waals surface area (Å²) in [6.45, 7) is 0. The zero-order chi connectivity index (χ0) is 35.3. The van der Waals surface area contributed by atoms with Crippen LogP contribution >= 0.6 is 0 Å². The summed E-state index contributed by atoms with van der Waals surface area (Å²) >= 11 is 0. The first-order valence-electron chi connectivity index (χ1n) is 18.4. The highest BCUT2D eigenvalue weighted by Crippen LogP contribution is 2.42. The van der Waals surface area contributed by atoms with E-state index < -0.39 is 0 Å². The van der Waals surface area contributed by atoms with Crippen LogP contribution in [-0.2, 0) is 0 Å². The molecule has 4 nitrogen and oxygen atoms in total. The third kappa shape index (κ3) is 4.13. The standard InChI is InChI=1S/C50H30N4/c1-2-14-34-29-35(22-21-31(34)11-1)49-50(52-42-19-9-8-18-41(42)51-49)54-45-28-24-33-13-4-6-16-38(33)48(45)40-26-25-36(30-46(40)54)53-43-20-10-7-17-39(43)47-37-15-5-3-12-32(37)23-27-44(47)53/h1-30H. The van der Waals surface area contributed by atoms with Crippen LogP contribution in [0.15, 0.2) is 182 Å². The zero-order valence-corrected chi connectivity index (χ0v) is 29.1. The van der Waals surface area contributed by atoms with Crippen LogP contribution in [0.3, 0.4) is 0 Å². The minimum absolute atomic E-state index is 0.810. The molecular formula is C50H30N4. The van der Waals surface area contributed by atoms with Crippen LogP contribution in [0.5, 0.6) is 0 Å². The molecule has 0 aliphatic carbocycles. The first-order chi connectivity index (χ1) is 26.8. The van der Waals surface area contributed by atoms with Crippen molar-refractivity contribution in [2.45, 2.75) is 0 Å². The molecule has 12 aromatic rings. The lowest BCUT2D eigenvalue weighted by molar-refractivity contribution is 1.08. The number of rotatable bonds is 3. The van der Waals surface area contributed by atoms with Gasteiger partial charge in [0.1, 0.15) is 5.69 Å². The molecule has 0 amide bonds. The van der Waals surface area contributed by atoms with E-state index in [1.54, 1.807) is 0 Å². The van der Waals surface area contributed by atoms with Crippen molar-refractivity contribution in [2.24, 2.45) is 0 Å². The number of fused-ring (bicyclic) bond motifs is 12. The Kier molecular flexibility index (Phi) is 6.02. The summed E-state index contributed by atoms with van der Waals surface area (Å²) in [5.41, 5.74) is 9.25. The third-order valence-electron chi connectivity index (χ3n) is 11.2. The van der Waals surface area contributed by atoms with Crippen LogP contribution in [0, 0.1) is 0 Å². The van der Waals surface area contributed by atoms with Gasteiger partial charge in [0, 0.05) is 32.8 Å². The van der Waals surface area contributed by atoms with Crippen molar-refractivity contribution in [3.05, 3.63) is 182 Å². The van der Waals surface area contributed by atoms with Crippen LogP contribution in [0.2, 0.25) is 0 Å². The molecule has 54 heavy (non-hydrogen) atoms. The first kappa shape index (κ1) is 29.3. The molecule has 250 valence electrons. The highest BCUT2D eigenvalue weighted by Gasteiger charge is 2.22. The van der Waals surface area contributed by atoms with Gasteiger partial charge < -0.3 is 4.57 Å². The summed E-state index contributed by atoms with van der Waals surface area (Å²) in [6, 6.07) is 65.4. The number of para-hydroxylation sites is 3. The SMILES string of the molecule is c1ccc2cc(-c3nc4ccccc4nc3-n3c4cc(-n5c6ccccc6c6c7ccccc7ccc65)ccc4c4c5ccccc5ccc43)ccc2c1. The van der Waals surface area contributed by atoms with Crippen molar-refractivity contribution in [2.75, 3.05) is 0 Å². The predicted octanol–water partition coefficient (Wildman–Crippen LogP) is 13.0. The van der Waals surface area contributed by atoms with Crippen molar-refractivity contribution in [1.29, 1.82) is 0 Å². The molecule has 0 aliphatic rings. The Morgan fingerprint density at radius 3 is 1.63 bits per heavy atom. The van der Waals surface area contributed by atoms with E-state index in [1.807, 2.05) is 12.1 Å². The van der Waals surface area contributed by atoms with E-state index in [0.717, 1.165) is 44.8 Å². The largest absolute Gasteiger partial charge is 0.309 e. The van der Waals surface area contributed by atoms with E-state index in [4.69, 9.17) is 9.97 Å². The second kappa shape index (κ2) is 11.1. The molecule has 0 bridgehead atoms. The Labute approximate surface area is 309 Å². The van der Waals surface area contributed by atoms with E-state index >= 15 is 0 Å².